The van der Waals surface area contributed by atoms with Crippen molar-refractivity contribution in [3.63, 3.8) is 0 Å². The molecule has 0 radical (unpaired) electrons. The molecule has 1 unspecified atom stereocenters. The van der Waals surface area contributed by atoms with Crippen molar-refractivity contribution in [3.8, 4) is 11.5 Å². The topological polar surface area (TPSA) is 63.3 Å². The second kappa shape index (κ2) is 5.27. The van der Waals surface area contributed by atoms with Gasteiger partial charge < -0.3 is 19.4 Å². The number of H-pyrrole nitrogens is 1. The lowest BCUT2D eigenvalue weighted by molar-refractivity contribution is 0.174. The summed E-state index contributed by atoms with van der Waals surface area (Å²) in [6.45, 7) is 1.25. The maximum atomic E-state index is 6.11. The number of halogens is 1. The van der Waals surface area contributed by atoms with Crippen molar-refractivity contribution in [2.24, 2.45) is 0 Å². The van der Waals surface area contributed by atoms with E-state index in [1.807, 2.05) is 12.1 Å². The van der Waals surface area contributed by atoms with Gasteiger partial charge in [0.1, 0.15) is 22.9 Å². The van der Waals surface area contributed by atoms with Crippen LogP contribution in [0.4, 0.5) is 5.82 Å². The van der Waals surface area contributed by atoms with Gasteiger partial charge >= 0.3 is 0 Å². The number of rotatable bonds is 2. The highest BCUT2D eigenvalue weighted by molar-refractivity contribution is 6.30. The summed E-state index contributed by atoms with van der Waals surface area (Å²) in [5.74, 6) is 2.55. The average molecular weight is 343 g/mol. The van der Waals surface area contributed by atoms with E-state index in [9.17, 15) is 0 Å². The third-order valence-corrected chi connectivity index (χ3v) is 4.88. The molecule has 0 amide bonds. The van der Waals surface area contributed by atoms with E-state index < -0.39 is 0 Å². The number of hydrogen-bond donors (Lipinski definition) is 1. The number of nitrogens with zero attached hydrogens (tertiary/aromatic N) is 3. The Kier molecular flexibility index (Phi) is 3.06. The number of hydrogen-bond acceptors (Lipinski definition) is 5. The van der Waals surface area contributed by atoms with Crippen LogP contribution in [0.1, 0.15) is 24.4 Å². The van der Waals surface area contributed by atoms with Crippen molar-refractivity contribution in [3.05, 3.63) is 41.3 Å². The Balaban J connectivity index is 1.57. The highest BCUT2D eigenvalue weighted by Crippen LogP contribution is 2.41. The van der Waals surface area contributed by atoms with Gasteiger partial charge in [-0.25, -0.2) is 9.97 Å². The van der Waals surface area contributed by atoms with Crippen molar-refractivity contribution in [2.45, 2.75) is 18.9 Å². The van der Waals surface area contributed by atoms with Gasteiger partial charge in [-0.2, -0.15) is 0 Å². The minimum atomic E-state index is 0.256. The highest BCUT2D eigenvalue weighted by Gasteiger charge is 2.30. The molecule has 0 spiro atoms. The SMILES string of the molecule is Clc1cc2c(N3CCCC3c3ccc4c(c3)OCO4)ncnc2[nH]1. The molecule has 2 aliphatic heterocycles. The monoisotopic (exact) mass is 342 g/mol. The number of aromatic nitrogens is 3. The van der Waals surface area contributed by atoms with E-state index >= 15 is 0 Å². The number of nitrogens with one attached hydrogen (secondary N) is 1. The fourth-order valence-corrected chi connectivity index (χ4v) is 3.81. The molecule has 6 nitrogen and oxygen atoms in total. The van der Waals surface area contributed by atoms with Gasteiger partial charge in [0.25, 0.3) is 0 Å². The molecule has 0 aliphatic carbocycles. The Labute approximate surface area is 143 Å². The summed E-state index contributed by atoms with van der Waals surface area (Å²) in [6, 6.07) is 8.32. The van der Waals surface area contributed by atoms with Crippen molar-refractivity contribution in [1.82, 2.24) is 15.0 Å². The zero-order valence-corrected chi connectivity index (χ0v) is 13.6. The maximum absolute atomic E-state index is 6.11. The molecular formula is C17H15ClN4O2. The van der Waals surface area contributed by atoms with Gasteiger partial charge in [0.15, 0.2) is 11.5 Å². The Morgan fingerprint density at radius 1 is 1.17 bits per heavy atom. The molecule has 1 aromatic carbocycles. The number of benzene rings is 1. The first-order valence-electron chi connectivity index (χ1n) is 7.95. The quantitative estimate of drug-likeness (QED) is 0.769. The van der Waals surface area contributed by atoms with Crippen molar-refractivity contribution < 1.29 is 9.47 Å². The lowest BCUT2D eigenvalue weighted by atomic mass is 10.0. The molecule has 0 bridgehead atoms. The van der Waals surface area contributed by atoms with E-state index in [-0.39, 0.29) is 6.04 Å². The standard InChI is InChI=1S/C17H15ClN4O2/c18-15-7-11-16(21-15)19-8-20-17(11)22-5-1-2-12(22)10-3-4-13-14(6-10)24-9-23-13/h3-4,6-8,12H,1-2,5,9H2,(H,19,20,21). The summed E-state index contributed by atoms with van der Waals surface area (Å²) in [5, 5.41) is 1.53. The molecule has 1 fully saturated rings. The van der Waals surface area contributed by atoms with Crippen LogP contribution >= 0.6 is 11.6 Å². The van der Waals surface area contributed by atoms with Crippen molar-refractivity contribution in [2.75, 3.05) is 18.2 Å². The van der Waals surface area contributed by atoms with Gasteiger partial charge in [-0.1, -0.05) is 17.7 Å². The van der Waals surface area contributed by atoms with E-state index in [4.69, 9.17) is 21.1 Å². The molecule has 1 N–H and O–H groups in total. The second-order valence-electron chi connectivity index (χ2n) is 6.04. The Hall–Kier alpha value is -2.47. The van der Waals surface area contributed by atoms with Gasteiger partial charge in [-0.15, -0.1) is 0 Å². The summed E-state index contributed by atoms with van der Waals surface area (Å²) in [4.78, 5) is 14.2. The Morgan fingerprint density at radius 2 is 2.08 bits per heavy atom. The summed E-state index contributed by atoms with van der Waals surface area (Å²) >= 11 is 6.11. The van der Waals surface area contributed by atoms with Gasteiger partial charge in [-0.05, 0) is 36.6 Å². The summed E-state index contributed by atoms with van der Waals surface area (Å²) < 4.78 is 10.9. The van der Waals surface area contributed by atoms with Gasteiger partial charge in [0.05, 0.1) is 11.4 Å². The third-order valence-electron chi connectivity index (χ3n) is 4.68. The Bertz CT molecular complexity index is 926. The van der Waals surface area contributed by atoms with E-state index in [0.29, 0.717) is 11.9 Å². The molecule has 4 heterocycles. The molecule has 5 rings (SSSR count). The van der Waals surface area contributed by atoms with Crippen LogP contribution in [0.5, 0.6) is 11.5 Å². The molecule has 7 heteroatoms. The zero-order chi connectivity index (χ0) is 16.1. The van der Waals surface area contributed by atoms with Gasteiger partial charge in [-0.3, -0.25) is 0 Å². The fourth-order valence-electron chi connectivity index (χ4n) is 3.61. The first-order valence-corrected chi connectivity index (χ1v) is 8.33. The van der Waals surface area contributed by atoms with Crippen LogP contribution in [0.25, 0.3) is 11.0 Å². The molecule has 1 saturated heterocycles. The molecule has 24 heavy (non-hydrogen) atoms. The molecule has 2 aliphatic rings. The predicted octanol–water partition coefficient (Wildman–Crippen LogP) is 3.68. The van der Waals surface area contributed by atoms with Crippen molar-refractivity contribution >= 4 is 28.5 Å². The molecular weight excluding hydrogens is 328 g/mol. The third kappa shape index (κ3) is 2.10. The molecule has 1 atom stereocenters. The number of aromatic amines is 1. The minimum absolute atomic E-state index is 0.256. The highest BCUT2D eigenvalue weighted by atomic mass is 35.5. The van der Waals surface area contributed by atoms with Crippen LogP contribution in [0, 0.1) is 0 Å². The Morgan fingerprint density at radius 3 is 3.04 bits per heavy atom. The molecule has 2 aromatic heterocycles. The van der Waals surface area contributed by atoms with E-state index in [0.717, 1.165) is 47.7 Å². The van der Waals surface area contributed by atoms with Crippen LogP contribution in [-0.2, 0) is 0 Å². The molecule has 122 valence electrons. The van der Waals surface area contributed by atoms with Crippen LogP contribution in [-0.4, -0.2) is 28.3 Å². The van der Waals surface area contributed by atoms with E-state index in [1.165, 1.54) is 5.56 Å². The first kappa shape index (κ1) is 13.9. The maximum Gasteiger partial charge on any atom is 0.231 e. The predicted molar refractivity (Wildman–Crippen MR) is 90.8 cm³/mol. The largest absolute Gasteiger partial charge is 0.454 e. The van der Waals surface area contributed by atoms with Gasteiger partial charge in [0.2, 0.25) is 6.79 Å². The number of ether oxygens (including phenoxy) is 2. The number of anilines is 1. The van der Waals surface area contributed by atoms with E-state index in [2.05, 4.69) is 32.0 Å². The lowest BCUT2D eigenvalue weighted by Gasteiger charge is -2.26. The summed E-state index contributed by atoms with van der Waals surface area (Å²) in [6.07, 6.45) is 3.77. The van der Waals surface area contributed by atoms with Crippen LogP contribution in [0.2, 0.25) is 5.15 Å². The van der Waals surface area contributed by atoms with Crippen LogP contribution in [0.15, 0.2) is 30.6 Å². The normalized spacial score (nSPS) is 19.4. The van der Waals surface area contributed by atoms with Crippen LogP contribution < -0.4 is 14.4 Å². The smallest absolute Gasteiger partial charge is 0.231 e. The zero-order valence-electron chi connectivity index (χ0n) is 12.8. The second-order valence-corrected chi connectivity index (χ2v) is 6.45. The summed E-state index contributed by atoms with van der Waals surface area (Å²) in [5.41, 5.74) is 1.98. The molecule has 3 aromatic rings. The van der Waals surface area contributed by atoms with Gasteiger partial charge in [0, 0.05) is 6.54 Å². The lowest BCUT2D eigenvalue weighted by Crippen LogP contribution is -2.23. The van der Waals surface area contributed by atoms with Crippen molar-refractivity contribution in [1.29, 1.82) is 0 Å². The summed E-state index contributed by atoms with van der Waals surface area (Å²) in [7, 11) is 0. The molecule has 0 saturated carbocycles. The number of fused-ring (bicyclic) bond motifs is 2. The fraction of sp³-hybridized carbons (Fsp3) is 0.294. The first-order chi connectivity index (χ1) is 11.8. The van der Waals surface area contributed by atoms with Crippen LogP contribution in [0.3, 0.4) is 0 Å². The van der Waals surface area contributed by atoms with E-state index in [1.54, 1.807) is 6.33 Å². The minimum Gasteiger partial charge on any atom is -0.454 e. The average Bonchev–Trinajstić information content (AvgIpc) is 3.31.